The Morgan fingerprint density at radius 3 is 2.27 bits per heavy atom. The molecule has 0 spiro atoms. The number of hydrogen-bond donors (Lipinski definition) is 2. The van der Waals surface area contributed by atoms with E-state index in [1.54, 1.807) is 67.1 Å². The van der Waals surface area contributed by atoms with Gasteiger partial charge in [-0.05, 0) is 75.4 Å². The predicted octanol–water partition coefficient (Wildman–Crippen LogP) is 4.92. The number of benzene rings is 3. The summed E-state index contributed by atoms with van der Waals surface area (Å²) in [5.74, 6) is 0.172. The zero-order valence-corrected chi connectivity index (χ0v) is 29.8. The minimum absolute atomic E-state index is 0.189. The summed E-state index contributed by atoms with van der Waals surface area (Å²) in [6.45, 7) is 5.74. The molecule has 4 amide bonds. The zero-order valence-electron chi connectivity index (χ0n) is 29.0. The summed E-state index contributed by atoms with van der Waals surface area (Å²) in [5.41, 5.74) is -0.687. The van der Waals surface area contributed by atoms with Crippen LogP contribution in [0.5, 0.6) is 11.5 Å². The first-order chi connectivity index (χ1) is 24.3. The molecule has 3 aromatic carbocycles. The van der Waals surface area contributed by atoms with E-state index in [1.165, 1.54) is 55.2 Å². The van der Waals surface area contributed by atoms with E-state index in [1.807, 2.05) is 0 Å². The van der Waals surface area contributed by atoms with Crippen LogP contribution in [0.15, 0.2) is 65.5 Å². The number of nitrogens with zero attached hydrogens (tertiary/aromatic N) is 5. The third-order valence-electron chi connectivity index (χ3n) is 8.52. The van der Waals surface area contributed by atoms with Crippen molar-refractivity contribution in [3.63, 3.8) is 0 Å². The Morgan fingerprint density at radius 2 is 1.65 bits per heavy atom. The quantitative estimate of drug-likeness (QED) is 0.246. The molecular formula is C35H39ClFN7O7. The SMILES string of the molecule is COC(=O)NC(C)(C)C(=O)N1CCN(n2c([C@H](C)N(C(=O)Nc3ccc(F)cc3)c3ccc(OC)cc3OC)nc3cc(Cl)ccc3c2=O)CC1. The fourth-order valence-electron chi connectivity index (χ4n) is 5.87. The number of fused-ring (bicyclic) bond motifs is 1. The highest BCUT2D eigenvalue weighted by Crippen LogP contribution is 2.37. The molecule has 51 heavy (non-hydrogen) atoms. The van der Waals surface area contributed by atoms with E-state index in [9.17, 15) is 23.6 Å². The average Bonchev–Trinajstić information content (AvgIpc) is 3.12. The van der Waals surface area contributed by atoms with E-state index in [0.717, 1.165) is 0 Å². The molecule has 0 saturated carbocycles. The van der Waals surface area contributed by atoms with Crippen LogP contribution >= 0.6 is 11.6 Å². The fraction of sp³-hybridized carbons (Fsp3) is 0.343. The number of methoxy groups -OCH3 is 3. The maximum atomic E-state index is 14.4. The van der Waals surface area contributed by atoms with Crippen molar-refractivity contribution in [1.82, 2.24) is 19.9 Å². The van der Waals surface area contributed by atoms with Crippen LogP contribution in [-0.2, 0) is 9.53 Å². The van der Waals surface area contributed by atoms with E-state index >= 15 is 0 Å². The van der Waals surface area contributed by atoms with Crippen molar-refractivity contribution in [2.75, 3.05) is 62.7 Å². The Morgan fingerprint density at radius 1 is 0.961 bits per heavy atom. The number of alkyl carbamates (subject to hydrolysis) is 1. The summed E-state index contributed by atoms with van der Waals surface area (Å²) < 4.78 is 30.9. The van der Waals surface area contributed by atoms with Gasteiger partial charge in [0.1, 0.15) is 22.9 Å². The highest BCUT2D eigenvalue weighted by atomic mass is 35.5. The molecule has 1 saturated heterocycles. The molecule has 0 radical (unpaired) electrons. The summed E-state index contributed by atoms with van der Waals surface area (Å²) in [6, 6.07) is 13.4. The first kappa shape index (κ1) is 36.7. The maximum Gasteiger partial charge on any atom is 0.407 e. The number of ether oxygens (including phenoxy) is 3. The third kappa shape index (κ3) is 7.77. The Balaban J connectivity index is 1.59. The van der Waals surface area contributed by atoms with Gasteiger partial charge in [0.25, 0.3) is 5.56 Å². The largest absolute Gasteiger partial charge is 0.497 e. The molecule has 1 fully saturated rings. The molecule has 1 aromatic heterocycles. The number of carbonyl (C=O) groups is 3. The Labute approximate surface area is 298 Å². The molecule has 14 nitrogen and oxygen atoms in total. The number of nitrogens with one attached hydrogen (secondary N) is 2. The molecule has 5 rings (SSSR count). The van der Waals surface area contributed by atoms with Gasteiger partial charge < -0.3 is 34.8 Å². The van der Waals surface area contributed by atoms with E-state index < -0.39 is 35.1 Å². The Hall–Kier alpha value is -5.57. The van der Waals surface area contributed by atoms with Gasteiger partial charge in [-0.1, -0.05) is 11.6 Å². The molecule has 270 valence electrons. The van der Waals surface area contributed by atoms with Gasteiger partial charge in [0.05, 0.1) is 57.1 Å². The highest BCUT2D eigenvalue weighted by molar-refractivity contribution is 6.31. The van der Waals surface area contributed by atoms with Gasteiger partial charge in [0.15, 0.2) is 5.82 Å². The molecule has 1 aliphatic rings. The van der Waals surface area contributed by atoms with E-state index in [-0.39, 0.29) is 37.9 Å². The molecule has 16 heteroatoms. The number of halogens is 2. The standard InChI is InChI=1S/C35H39ClFN7O7/c1-21(43(28-14-12-25(49-4)20-29(28)50-5)33(47)38-24-10-8-23(37)9-11-24)30-39-27-19-22(36)7-13-26(27)31(45)44(30)42-17-15-41(16-18-42)32(46)35(2,3)40-34(48)51-6/h7-14,19-21H,15-18H2,1-6H3,(H,38,47)(H,40,48)/t21-/m0/s1. The average molecular weight is 724 g/mol. The Kier molecular flexibility index (Phi) is 10.9. The lowest BCUT2D eigenvalue weighted by Crippen LogP contribution is -2.62. The van der Waals surface area contributed by atoms with Crippen molar-refractivity contribution in [3.05, 3.63) is 87.7 Å². The number of hydrogen-bond acceptors (Lipinski definition) is 9. The minimum Gasteiger partial charge on any atom is -0.497 e. The summed E-state index contributed by atoms with van der Waals surface area (Å²) in [6.07, 6.45) is -0.735. The monoisotopic (exact) mass is 723 g/mol. The lowest BCUT2D eigenvalue weighted by molar-refractivity contribution is -0.137. The summed E-state index contributed by atoms with van der Waals surface area (Å²) in [7, 11) is 4.17. The fourth-order valence-corrected chi connectivity index (χ4v) is 6.04. The number of rotatable bonds is 9. The van der Waals surface area contributed by atoms with Gasteiger partial charge >= 0.3 is 12.1 Å². The first-order valence-corrected chi connectivity index (χ1v) is 16.4. The second-order valence-electron chi connectivity index (χ2n) is 12.3. The molecule has 1 aliphatic heterocycles. The third-order valence-corrected chi connectivity index (χ3v) is 8.75. The normalized spacial score (nSPS) is 13.7. The van der Waals surface area contributed by atoms with Gasteiger partial charge in [-0.15, -0.1) is 0 Å². The molecule has 4 aromatic rings. The second-order valence-corrected chi connectivity index (χ2v) is 12.7. The van der Waals surface area contributed by atoms with Crippen LogP contribution < -0.4 is 35.6 Å². The number of carbonyl (C=O) groups excluding carboxylic acids is 3. The lowest BCUT2D eigenvalue weighted by Gasteiger charge is -2.41. The molecular weight excluding hydrogens is 685 g/mol. The zero-order chi connectivity index (χ0) is 37.0. The van der Waals surface area contributed by atoms with Crippen molar-refractivity contribution in [2.24, 2.45) is 0 Å². The minimum atomic E-state index is -1.24. The van der Waals surface area contributed by atoms with Crippen LogP contribution in [0, 0.1) is 5.82 Å². The van der Waals surface area contributed by atoms with Crippen LogP contribution in [-0.4, -0.2) is 85.6 Å². The van der Waals surface area contributed by atoms with Gasteiger partial charge in [0.2, 0.25) is 5.91 Å². The van der Waals surface area contributed by atoms with E-state index in [4.69, 9.17) is 26.1 Å². The van der Waals surface area contributed by atoms with Crippen LogP contribution in [0.1, 0.15) is 32.6 Å². The van der Waals surface area contributed by atoms with E-state index in [2.05, 4.69) is 15.4 Å². The van der Waals surface area contributed by atoms with Crippen LogP contribution in [0.4, 0.5) is 25.4 Å². The van der Waals surface area contributed by atoms with Gasteiger partial charge in [-0.2, -0.15) is 0 Å². The number of piperazine rings is 1. The molecule has 2 N–H and O–H groups in total. The van der Waals surface area contributed by atoms with Crippen molar-refractivity contribution in [2.45, 2.75) is 32.4 Å². The number of urea groups is 1. The summed E-state index contributed by atoms with van der Waals surface area (Å²) >= 11 is 6.33. The molecule has 1 atom stereocenters. The number of amides is 4. The Bertz CT molecular complexity index is 2000. The van der Waals surface area contributed by atoms with Crippen LogP contribution in [0.2, 0.25) is 5.02 Å². The first-order valence-electron chi connectivity index (χ1n) is 16.0. The number of anilines is 2. The predicted molar refractivity (Wildman–Crippen MR) is 191 cm³/mol. The molecule has 2 heterocycles. The second kappa shape index (κ2) is 15.1. The van der Waals surface area contributed by atoms with E-state index in [0.29, 0.717) is 38.8 Å². The highest BCUT2D eigenvalue weighted by Gasteiger charge is 2.37. The van der Waals surface area contributed by atoms with Gasteiger partial charge in [-0.25, -0.2) is 23.6 Å². The van der Waals surface area contributed by atoms with Crippen molar-refractivity contribution in [3.8, 4) is 11.5 Å². The number of aromatic nitrogens is 2. The molecule has 0 aliphatic carbocycles. The van der Waals surface area contributed by atoms with Crippen molar-refractivity contribution < 1.29 is 33.0 Å². The maximum absolute atomic E-state index is 14.4. The van der Waals surface area contributed by atoms with Crippen molar-refractivity contribution >= 4 is 51.9 Å². The van der Waals surface area contributed by atoms with Crippen LogP contribution in [0.25, 0.3) is 10.9 Å². The summed E-state index contributed by atoms with van der Waals surface area (Å²) in [5, 5.41) is 7.79. The summed E-state index contributed by atoms with van der Waals surface area (Å²) in [4.78, 5) is 61.8. The smallest absolute Gasteiger partial charge is 0.407 e. The molecule has 0 unspecified atom stereocenters. The lowest BCUT2D eigenvalue weighted by atomic mass is 10.0. The van der Waals surface area contributed by atoms with Gasteiger partial charge in [0, 0.05) is 29.9 Å². The van der Waals surface area contributed by atoms with Crippen LogP contribution in [0.3, 0.4) is 0 Å². The topological polar surface area (TPSA) is 148 Å². The van der Waals surface area contributed by atoms with Crippen molar-refractivity contribution in [1.29, 1.82) is 0 Å². The van der Waals surface area contributed by atoms with Gasteiger partial charge in [-0.3, -0.25) is 14.5 Å². The molecule has 0 bridgehead atoms.